The van der Waals surface area contributed by atoms with Crippen molar-refractivity contribution in [2.45, 2.75) is 0 Å². The van der Waals surface area contributed by atoms with E-state index in [0.717, 1.165) is 0 Å². The highest BCUT2D eigenvalue weighted by molar-refractivity contribution is 7.84. The number of rotatable bonds is 4. The summed E-state index contributed by atoms with van der Waals surface area (Å²) in [7, 11) is -1.16. The molecule has 0 fully saturated rings. The van der Waals surface area contributed by atoms with Gasteiger partial charge >= 0.3 is 10.3 Å². The number of ether oxygens (including phenoxy) is 2. The van der Waals surface area contributed by atoms with Gasteiger partial charge in [0.05, 0.1) is 14.2 Å². The summed E-state index contributed by atoms with van der Waals surface area (Å²) in [6.45, 7) is 0. The van der Waals surface area contributed by atoms with Crippen LogP contribution >= 0.6 is 0 Å². The van der Waals surface area contributed by atoms with Crippen molar-refractivity contribution < 1.29 is 22.1 Å². The molecule has 1 aromatic rings. The molecule has 1 aromatic carbocycles. The van der Waals surface area contributed by atoms with Gasteiger partial charge in [0.25, 0.3) is 0 Å². The van der Waals surface area contributed by atoms with Crippen LogP contribution < -0.4 is 18.8 Å². The normalized spacial score (nSPS) is 10.9. The average molecular weight is 233 g/mol. The van der Waals surface area contributed by atoms with Crippen LogP contribution in [0.2, 0.25) is 0 Å². The molecule has 2 N–H and O–H groups in total. The molecule has 0 aliphatic rings. The first-order valence-corrected chi connectivity index (χ1v) is 5.37. The molecule has 1 rings (SSSR count). The van der Waals surface area contributed by atoms with Gasteiger partial charge in [-0.25, -0.2) is 0 Å². The van der Waals surface area contributed by atoms with E-state index < -0.39 is 10.3 Å². The van der Waals surface area contributed by atoms with Gasteiger partial charge in [-0.15, -0.1) is 0 Å². The Labute approximate surface area is 87.8 Å². The lowest BCUT2D eigenvalue weighted by molar-refractivity contribution is 0.390. The van der Waals surface area contributed by atoms with Crippen LogP contribution in [0.25, 0.3) is 0 Å². The molecule has 0 saturated heterocycles. The van der Waals surface area contributed by atoms with E-state index >= 15 is 0 Å². The summed E-state index contributed by atoms with van der Waals surface area (Å²) >= 11 is 0. The zero-order valence-electron chi connectivity index (χ0n) is 8.26. The molecule has 84 valence electrons. The van der Waals surface area contributed by atoms with Gasteiger partial charge in [0, 0.05) is 18.2 Å². The Bertz CT molecular complexity index is 420. The van der Waals surface area contributed by atoms with Crippen molar-refractivity contribution in [1.29, 1.82) is 0 Å². The first-order chi connectivity index (χ1) is 6.94. The number of methoxy groups -OCH3 is 2. The summed E-state index contributed by atoms with van der Waals surface area (Å²) in [5.74, 6) is 0.856. The summed E-state index contributed by atoms with van der Waals surface area (Å²) in [6.07, 6.45) is 0. The first-order valence-electron chi connectivity index (χ1n) is 3.90. The van der Waals surface area contributed by atoms with Gasteiger partial charge in [0.15, 0.2) is 5.75 Å². The molecule has 0 aromatic heterocycles. The van der Waals surface area contributed by atoms with E-state index in [1.807, 2.05) is 0 Å². The zero-order valence-corrected chi connectivity index (χ0v) is 9.08. The third-order valence-corrected chi connectivity index (χ3v) is 1.96. The molecule has 0 aliphatic heterocycles. The van der Waals surface area contributed by atoms with Crippen molar-refractivity contribution in [3.05, 3.63) is 18.2 Å². The monoisotopic (exact) mass is 233 g/mol. The van der Waals surface area contributed by atoms with Gasteiger partial charge in [-0.2, -0.15) is 13.6 Å². The van der Waals surface area contributed by atoms with Crippen LogP contribution in [0.5, 0.6) is 17.2 Å². The van der Waals surface area contributed by atoms with Crippen LogP contribution in [0.4, 0.5) is 0 Å². The second-order valence-corrected chi connectivity index (χ2v) is 3.78. The SMILES string of the molecule is COc1cc(OC)cc(OS(N)(=O)=O)c1. The van der Waals surface area contributed by atoms with Crippen molar-refractivity contribution in [3.63, 3.8) is 0 Å². The van der Waals surface area contributed by atoms with Crippen LogP contribution in [0.3, 0.4) is 0 Å². The van der Waals surface area contributed by atoms with Crippen LogP contribution in [0, 0.1) is 0 Å². The maximum Gasteiger partial charge on any atom is 0.380 e. The summed E-state index contributed by atoms with van der Waals surface area (Å²) in [5.41, 5.74) is 0. The Morgan fingerprint density at radius 2 is 1.40 bits per heavy atom. The van der Waals surface area contributed by atoms with Crippen molar-refractivity contribution >= 4 is 10.3 Å². The molecule has 0 spiro atoms. The quantitative estimate of drug-likeness (QED) is 0.807. The van der Waals surface area contributed by atoms with Gasteiger partial charge in [0.2, 0.25) is 0 Å². The van der Waals surface area contributed by atoms with Gasteiger partial charge in [-0.3, -0.25) is 0 Å². The van der Waals surface area contributed by atoms with Crippen molar-refractivity contribution in [1.82, 2.24) is 0 Å². The lowest BCUT2D eigenvalue weighted by Crippen LogP contribution is -2.18. The molecule has 6 nitrogen and oxygen atoms in total. The molecule has 7 heteroatoms. The van der Waals surface area contributed by atoms with Crippen LogP contribution in [0.1, 0.15) is 0 Å². The van der Waals surface area contributed by atoms with Gasteiger partial charge in [-0.05, 0) is 0 Å². The van der Waals surface area contributed by atoms with Crippen LogP contribution in [-0.2, 0) is 10.3 Å². The topological polar surface area (TPSA) is 87.8 Å². The van der Waals surface area contributed by atoms with Crippen molar-refractivity contribution in [2.24, 2.45) is 5.14 Å². The minimum absolute atomic E-state index is 0.0358. The fraction of sp³-hybridized carbons (Fsp3) is 0.250. The highest BCUT2D eigenvalue weighted by Crippen LogP contribution is 2.27. The molecule has 0 radical (unpaired) electrons. The first kappa shape index (κ1) is 11.6. The zero-order chi connectivity index (χ0) is 11.5. The molecule has 0 atom stereocenters. The maximum atomic E-state index is 10.7. The molecule has 0 bridgehead atoms. The Hall–Kier alpha value is -1.47. The Balaban J connectivity index is 3.07. The highest BCUT2D eigenvalue weighted by Gasteiger charge is 2.08. The molecule has 0 unspecified atom stereocenters. The third kappa shape index (κ3) is 3.64. The summed E-state index contributed by atoms with van der Waals surface area (Å²) in [5, 5.41) is 4.72. The number of nitrogens with two attached hydrogens (primary N) is 1. The molecule has 0 heterocycles. The molecule has 0 saturated carbocycles. The van der Waals surface area contributed by atoms with Crippen LogP contribution in [0.15, 0.2) is 18.2 Å². The van der Waals surface area contributed by atoms with E-state index in [1.165, 1.54) is 26.4 Å². The molecule has 0 amide bonds. The Morgan fingerprint density at radius 3 is 1.73 bits per heavy atom. The molecule has 15 heavy (non-hydrogen) atoms. The lowest BCUT2D eigenvalue weighted by Gasteiger charge is -2.07. The largest absolute Gasteiger partial charge is 0.496 e. The summed E-state index contributed by atoms with van der Waals surface area (Å²) < 4.78 is 35.7. The third-order valence-electron chi connectivity index (χ3n) is 1.54. The number of hydrogen-bond donors (Lipinski definition) is 1. The van der Waals surface area contributed by atoms with E-state index in [4.69, 9.17) is 14.6 Å². The molecular formula is C8H11NO5S. The molecular weight excluding hydrogens is 222 g/mol. The van der Waals surface area contributed by atoms with Gasteiger partial charge < -0.3 is 13.7 Å². The second kappa shape index (κ2) is 4.37. The summed E-state index contributed by atoms with van der Waals surface area (Å²) in [6, 6.07) is 4.34. The standard InChI is InChI=1S/C8H11NO5S/c1-12-6-3-7(13-2)5-8(4-6)14-15(9,10)11/h3-5H,1-2H3,(H2,9,10,11). The number of benzene rings is 1. The van der Waals surface area contributed by atoms with Gasteiger partial charge in [0.1, 0.15) is 11.5 Å². The maximum absolute atomic E-state index is 10.7. The van der Waals surface area contributed by atoms with E-state index in [2.05, 4.69) is 4.18 Å². The predicted molar refractivity (Wildman–Crippen MR) is 53.3 cm³/mol. The van der Waals surface area contributed by atoms with Crippen molar-refractivity contribution in [3.8, 4) is 17.2 Å². The summed E-state index contributed by atoms with van der Waals surface area (Å²) in [4.78, 5) is 0. The van der Waals surface area contributed by atoms with Gasteiger partial charge in [-0.1, -0.05) is 0 Å². The smallest absolute Gasteiger partial charge is 0.380 e. The second-order valence-electron chi connectivity index (χ2n) is 2.62. The minimum Gasteiger partial charge on any atom is -0.496 e. The highest BCUT2D eigenvalue weighted by atomic mass is 32.2. The Morgan fingerprint density at radius 1 is 1.00 bits per heavy atom. The lowest BCUT2D eigenvalue weighted by atomic mass is 10.3. The predicted octanol–water partition coefficient (Wildman–Crippen LogP) is 0.286. The van der Waals surface area contributed by atoms with Crippen LogP contribution in [-0.4, -0.2) is 22.6 Å². The average Bonchev–Trinajstić information content (AvgIpc) is 2.14. The fourth-order valence-electron chi connectivity index (χ4n) is 0.964. The fourth-order valence-corrected chi connectivity index (χ4v) is 1.33. The van der Waals surface area contributed by atoms with E-state index in [0.29, 0.717) is 11.5 Å². The van der Waals surface area contributed by atoms with E-state index in [1.54, 1.807) is 6.07 Å². The van der Waals surface area contributed by atoms with E-state index in [-0.39, 0.29) is 5.75 Å². The van der Waals surface area contributed by atoms with Crippen molar-refractivity contribution in [2.75, 3.05) is 14.2 Å². The molecule has 0 aliphatic carbocycles. The Kier molecular flexibility index (Phi) is 3.38. The van der Waals surface area contributed by atoms with E-state index in [9.17, 15) is 8.42 Å². The number of hydrogen-bond acceptors (Lipinski definition) is 5. The minimum atomic E-state index is -4.04.